The maximum atomic E-state index is 12.6. The molecule has 1 aromatic heterocycles. The van der Waals surface area contributed by atoms with Gasteiger partial charge in [0, 0.05) is 25.6 Å². The minimum Gasteiger partial charge on any atom is -0.871 e. The maximum absolute atomic E-state index is 12.6. The van der Waals surface area contributed by atoms with Crippen LogP contribution in [0.2, 0.25) is 0 Å². The van der Waals surface area contributed by atoms with E-state index >= 15 is 0 Å². The molecule has 172 valence electrons. The number of pyridine rings is 1. The molecule has 35 heavy (non-hydrogen) atoms. The number of anilines is 1. The van der Waals surface area contributed by atoms with Gasteiger partial charge in [-0.2, -0.15) is 0 Å². The first-order chi connectivity index (χ1) is 15.7. The average Bonchev–Trinajstić information content (AvgIpc) is 2.80. The number of hydrogen-bond donors (Lipinski definition) is 2. The number of aryl methyl sites for hydroxylation is 3. The van der Waals surface area contributed by atoms with Crippen LogP contribution in [-0.4, -0.2) is 16.6 Å². The van der Waals surface area contributed by atoms with Gasteiger partial charge in [-0.25, -0.2) is 4.79 Å². The van der Waals surface area contributed by atoms with Crippen LogP contribution < -0.4 is 85.5 Å². The Kier molecular flexibility index (Phi) is 12.3. The molecule has 0 spiro atoms. The molecule has 2 aromatic carbocycles. The standard InChI is InChI=1S/C25H27N3O5.2Na/c1-4-16-8-5-6-11-19(16)17-9-7-10-18(12-17)20(13-21(29)30)26-25(33)27-22-23(31)15(2)14-28(3)24(22)32;;/h5-12,14,20,31H,4,13H2,1-3H3,(H,29,30)(H2,26,27,33);;/q;2*+1/p-2/t20-;;/m0../s1. The van der Waals surface area contributed by atoms with Crippen molar-refractivity contribution in [3.05, 3.63) is 81.8 Å². The van der Waals surface area contributed by atoms with E-state index in [9.17, 15) is 24.6 Å². The number of carboxylic acid groups (broad SMARTS) is 1. The fraction of sp³-hybridized carbons (Fsp3) is 0.240. The number of nitrogens with one attached hydrogen (secondary N) is 2. The number of carbonyl (C=O) groups is 2. The first kappa shape index (κ1) is 31.0. The van der Waals surface area contributed by atoms with Crippen LogP contribution in [-0.2, 0) is 18.3 Å². The van der Waals surface area contributed by atoms with Crippen molar-refractivity contribution < 1.29 is 78.9 Å². The maximum Gasteiger partial charge on any atom is 1.00 e. The second-order valence-corrected chi connectivity index (χ2v) is 7.80. The van der Waals surface area contributed by atoms with Crippen molar-refractivity contribution in [2.45, 2.75) is 32.7 Å². The summed E-state index contributed by atoms with van der Waals surface area (Å²) in [7, 11) is 1.47. The summed E-state index contributed by atoms with van der Waals surface area (Å²) in [4.78, 5) is 36.3. The van der Waals surface area contributed by atoms with E-state index < -0.39 is 41.5 Å². The van der Waals surface area contributed by atoms with Crippen molar-refractivity contribution in [1.29, 1.82) is 0 Å². The van der Waals surface area contributed by atoms with E-state index in [-0.39, 0.29) is 59.1 Å². The Morgan fingerprint density at radius 2 is 1.77 bits per heavy atom. The van der Waals surface area contributed by atoms with E-state index in [2.05, 4.69) is 10.6 Å². The Morgan fingerprint density at radius 1 is 1.09 bits per heavy atom. The molecule has 2 amide bonds. The fourth-order valence-electron chi connectivity index (χ4n) is 3.75. The number of carbonyl (C=O) groups excluding carboxylic acids is 2. The number of urea groups is 1. The number of benzene rings is 2. The molecule has 0 saturated heterocycles. The Labute approximate surface area is 248 Å². The number of rotatable bonds is 7. The van der Waals surface area contributed by atoms with Crippen molar-refractivity contribution in [3.8, 4) is 16.9 Å². The summed E-state index contributed by atoms with van der Waals surface area (Å²) in [5.74, 6) is -1.95. The van der Waals surface area contributed by atoms with E-state index in [4.69, 9.17) is 0 Å². The number of hydrogen-bond acceptors (Lipinski definition) is 5. The van der Waals surface area contributed by atoms with Crippen LogP contribution in [0.4, 0.5) is 10.5 Å². The van der Waals surface area contributed by atoms with Crippen LogP contribution in [0.3, 0.4) is 0 Å². The van der Waals surface area contributed by atoms with Gasteiger partial charge in [-0.05, 0) is 47.2 Å². The zero-order chi connectivity index (χ0) is 24.1. The molecular formula is C25H25N3Na2O5. The van der Waals surface area contributed by atoms with Crippen molar-refractivity contribution in [3.63, 3.8) is 0 Å². The summed E-state index contributed by atoms with van der Waals surface area (Å²) in [6.45, 7) is 3.58. The number of aliphatic carboxylic acids is 1. The summed E-state index contributed by atoms with van der Waals surface area (Å²) in [5.41, 5.74) is 2.82. The molecular weight excluding hydrogens is 468 g/mol. The van der Waals surface area contributed by atoms with Crippen molar-refractivity contribution in [2.24, 2.45) is 7.05 Å². The molecule has 0 fully saturated rings. The normalized spacial score (nSPS) is 10.9. The van der Waals surface area contributed by atoms with Gasteiger partial charge in [-0.3, -0.25) is 4.79 Å². The Morgan fingerprint density at radius 3 is 2.43 bits per heavy atom. The summed E-state index contributed by atoms with van der Waals surface area (Å²) < 4.78 is 1.19. The third kappa shape index (κ3) is 7.70. The van der Waals surface area contributed by atoms with Crippen LogP contribution >= 0.6 is 0 Å². The molecule has 0 aliphatic carbocycles. The van der Waals surface area contributed by atoms with E-state index in [0.29, 0.717) is 11.1 Å². The largest absolute Gasteiger partial charge is 1.00 e. The van der Waals surface area contributed by atoms with Gasteiger partial charge in [-0.1, -0.05) is 55.1 Å². The van der Waals surface area contributed by atoms with E-state index in [1.165, 1.54) is 24.7 Å². The topological polar surface area (TPSA) is 126 Å². The predicted octanol–water partition coefficient (Wildman–Crippen LogP) is -3.99. The third-order valence-corrected chi connectivity index (χ3v) is 5.42. The number of amides is 2. The van der Waals surface area contributed by atoms with Gasteiger partial charge in [0.1, 0.15) is 5.69 Å². The number of nitrogens with zero attached hydrogens (tertiary/aromatic N) is 1. The molecule has 0 bridgehead atoms. The van der Waals surface area contributed by atoms with Crippen LogP contribution in [0, 0.1) is 6.92 Å². The first-order valence-corrected chi connectivity index (χ1v) is 10.5. The minimum atomic E-state index is -1.35. The van der Waals surface area contributed by atoms with Gasteiger partial charge in [0.05, 0.1) is 6.04 Å². The van der Waals surface area contributed by atoms with Gasteiger partial charge < -0.3 is 30.2 Å². The Balaban J connectivity index is 0.00000306. The van der Waals surface area contributed by atoms with Crippen LogP contribution in [0.15, 0.2) is 59.5 Å². The summed E-state index contributed by atoms with van der Waals surface area (Å²) >= 11 is 0. The second-order valence-electron chi connectivity index (χ2n) is 7.80. The summed E-state index contributed by atoms with van der Waals surface area (Å²) in [6, 6.07) is 13.3. The molecule has 3 rings (SSSR count). The van der Waals surface area contributed by atoms with E-state index in [1.54, 1.807) is 12.1 Å². The van der Waals surface area contributed by atoms with Gasteiger partial charge >= 0.3 is 65.1 Å². The fourth-order valence-corrected chi connectivity index (χ4v) is 3.75. The molecule has 0 saturated carbocycles. The molecule has 1 heterocycles. The molecule has 0 radical (unpaired) electrons. The molecule has 1 atom stereocenters. The minimum absolute atomic E-state index is 0. The van der Waals surface area contributed by atoms with Gasteiger partial charge in [-0.15, -0.1) is 0 Å². The molecule has 8 nitrogen and oxygen atoms in total. The quantitative estimate of drug-likeness (QED) is 0.325. The Bertz CT molecular complexity index is 1260. The number of carboxylic acids is 1. The SMILES string of the molecule is CCc1ccccc1-c1cccc([C@H](CC(=O)[O-])NC(=O)Nc2c([O-])c(C)cn(C)c2=O)c1.[Na+].[Na+]. The molecule has 0 aliphatic rings. The van der Waals surface area contributed by atoms with Crippen LogP contribution in [0.25, 0.3) is 11.1 Å². The molecule has 3 aromatic rings. The average molecular weight is 493 g/mol. The molecule has 10 heteroatoms. The predicted molar refractivity (Wildman–Crippen MR) is 122 cm³/mol. The van der Waals surface area contributed by atoms with Crippen LogP contribution in [0.5, 0.6) is 5.75 Å². The smallest absolute Gasteiger partial charge is 0.871 e. The van der Waals surface area contributed by atoms with E-state index in [1.807, 2.05) is 43.3 Å². The zero-order valence-corrected chi connectivity index (χ0v) is 24.7. The van der Waals surface area contributed by atoms with Gasteiger partial charge in [0.15, 0.2) is 0 Å². The summed E-state index contributed by atoms with van der Waals surface area (Å²) in [6.07, 6.45) is 1.72. The second kappa shape index (κ2) is 13.9. The number of aromatic nitrogens is 1. The van der Waals surface area contributed by atoms with Crippen LogP contribution in [0.1, 0.15) is 36.1 Å². The van der Waals surface area contributed by atoms with Crippen molar-refractivity contribution >= 4 is 17.7 Å². The zero-order valence-electron chi connectivity index (χ0n) is 20.7. The first-order valence-electron chi connectivity index (χ1n) is 10.5. The third-order valence-electron chi connectivity index (χ3n) is 5.42. The molecule has 2 N–H and O–H groups in total. The Hall–Kier alpha value is -2.07. The monoisotopic (exact) mass is 493 g/mol. The summed E-state index contributed by atoms with van der Waals surface area (Å²) in [5, 5.41) is 28.5. The van der Waals surface area contributed by atoms with Gasteiger partial charge in [0.25, 0.3) is 5.56 Å². The molecule has 0 unspecified atom stereocenters. The van der Waals surface area contributed by atoms with Crippen molar-refractivity contribution in [1.82, 2.24) is 9.88 Å². The van der Waals surface area contributed by atoms with Gasteiger partial charge in [0.2, 0.25) is 0 Å². The molecule has 0 aliphatic heterocycles. The van der Waals surface area contributed by atoms with E-state index in [0.717, 1.165) is 23.1 Å². The van der Waals surface area contributed by atoms with Crippen molar-refractivity contribution in [2.75, 3.05) is 5.32 Å².